The number of benzene rings is 1. The first kappa shape index (κ1) is 19.4. The van der Waals surface area contributed by atoms with E-state index in [-0.39, 0.29) is 24.3 Å². The second kappa shape index (κ2) is 9.02. The molecule has 0 saturated carbocycles. The maximum atomic E-state index is 12.5. The molecule has 0 N–H and O–H groups in total. The number of amides is 3. The Labute approximate surface area is 161 Å². The molecule has 2 saturated heterocycles. The maximum absolute atomic E-state index is 12.5. The van der Waals surface area contributed by atoms with E-state index in [1.807, 2.05) is 36.1 Å². The molecule has 6 nitrogen and oxygen atoms in total. The van der Waals surface area contributed by atoms with Crippen molar-refractivity contribution in [2.24, 2.45) is 0 Å². The van der Waals surface area contributed by atoms with Crippen molar-refractivity contribution in [3.8, 4) is 0 Å². The highest BCUT2D eigenvalue weighted by Crippen LogP contribution is 2.14. The van der Waals surface area contributed by atoms with Crippen LogP contribution in [0.1, 0.15) is 43.2 Å². The molecule has 3 amide bonds. The van der Waals surface area contributed by atoms with Gasteiger partial charge in [-0.05, 0) is 25.3 Å². The third-order valence-corrected chi connectivity index (χ3v) is 5.43. The lowest BCUT2D eigenvalue weighted by Gasteiger charge is -2.35. The van der Waals surface area contributed by atoms with Gasteiger partial charge in [0.25, 0.3) is 0 Å². The van der Waals surface area contributed by atoms with Crippen LogP contribution in [0.3, 0.4) is 0 Å². The van der Waals surface area contributed by atoms with Crippen LogP contribution < -0.4 is 0 Å². The molecule has 0 spiro atoms. The van der Waals surface area contributed by atoms with E-state index in [0.717, 1.165) is 31.4 Å². The Morgan fingerprint density at radius 3 is 2.44 bits per heavy atom. The summed E-state index contributed by atoms with van der Waals surface area (Å²) in [5.74, 6) is 0.107. The highest BCUT2D eigenvalue weighted by molar-refractivity contribution is 5.86. The molecule has 6 heteroatoms. The SMILES string of the molecule is Cc1ccc(CN2CCN(C(=O)CCN3CCCCCC3=O)CC2=O)cc1. The lowest BCUT2D eigenvalue weighted by molar-refractivity contribution is -0.146. The Hall–Kier alpha value is -2.37. The highest BCUT2D eigenvalue weighted by Gasteiger charge is 2.27. The molecule has 0 aliphatic carbocycles. The number of piperazine rings is 1. The van der Waals surface area contributed by atoms with Crippen LogP contribution in [0.25, 0.3) is 0 Å². The van der Waals surface area contributed by atoms with Crippen molar-refractivity contribution in [3.05, 3.63) is 35.4 Å². The zero-order valence-corrected chi connectivity index (χ0v) is 16.2. The van der Waals surface area contributed by atoms with Gasteiger partial charge in [0.2, 0.25) is 17.7 Å². The van der Waals surface area contributed by atoms with Gasteiger partial charge in [-0.25, -0.2) is 0 Å². The quantitative estimate of drug-likeness (QED) is 0.795. The van der Waals surface area contributed by atoms with Crippen LogP contribution in [0.2, 0.25) is 0 Å². The fourth-order valence-corrected chi connectivity index (χ4v) is 3.67. The molecule has 2 aliphatic heterocycles. The normalized spacial score (nSPS) is 18.6. The summed E-state index contributed by atoms with van der Waals surface area (Å²) in [5, 5.41) is 0. The number of hydrogen-bond donors (Lipinski definition) is 0. The van der Waals surface area contributed by atoms with Crippen molar-refractivity contribution in [3.63, 3.8) is 0 Å². The summed E-state index contributed by atoms with van der Waals surface area (Å²) in [6.07, 6.45) is 3.92. The molecule has 2 aliphatic rings. The van der Waals surface area contributed by atoms with Crippen molar-refractivity contribution < 1.29 is 14.4 Å². The second-order valence-corrected chi connectivity index (χ2v) is 7.56. The van der Waals surface area contributed by atoms with Crippen molar-refractivity contribution in [1.82, 2.24) is 14.7 Å². The number of aryl methyl sites for hydroxylation is 1. The summed E-state index contributed by atoms with van der Waals surface area (Å²) in [4.78, 5) is 42.2. The number of rotatable bonds is 5. The first-order chi connectivity index (χ1) is 13.0. The highest BCUT2D eigenvalue weighted by atomic mass is 16.2. The smallest absolute Gasteiger partial charge is 0.242 e. The molecule has 0 bridgehead atoms. The van der Waals surface area contributed by atoms with E-state index in [0.29, 0.717) is 39.0 Å². The van der Waals surface area contributed by atoms with Crippen molar-refractivity contribution in [2.75, 3.05) is 32.7 Å². The minimum absolute atomic E-state index is 0.0129. The summed E-state index contributed by atoms with van der Waals surface area (Å²) in [6.45, 7) is 5.09. The van der Waals surface area contributed by atoms with E-state index in [2.05, 4.69) is 0 Å². The third-order valence-electron chi connectivity index (χ3n) is 5.43. The standard InChI is InChI=1S/C21H29N3O3/c1-17-6-8-18(9-7-17)15-23-13-14-24(16-21(23)27)20(26)10-12-22-11-4-2-3-5-19(22)25/h6-9H,2-5,10-16H2,1H3. The molecule has 2 fully saturated rings. The van der Waals surface area contributed by atoms with Gasteiger partial charge in [-0.3, -0.25) is 14.4 Å². The first-order valence-electron chi connectivity index (χ1n) is 9.92. The van der Waals surface area contributed by atoms with Crippen LogP contribution in [0.15, 0.2) is 24.3 Å². The van der Waals surface area contributed by atoms with Gasteiger partial charge in [0.1, 0.15) is 0 Å². The Kier molecular flexibility index (Phi) is 6.48. The van der Waals surface area contributed by atoms with Gasteiger partial charge in [0, 0.05) is 45.6 Å². The van der Waals surface area contributed by atoms with E-state index < -0.39 is 0 Å². The molecular weight excluding hydrogens is 342 g/mol. The summed E-state index contributed by atoms with van der Waals surface area (Å²) >= 11 is 0. The molecule has 1 aromatic carbocycles. The summed E-state index contributed by atoms with van der Waals surface area (Å²) in [6, 6.07) is 8.17. The Morgan fingerprint density at radius 2 is 1.70 bits per heavy atom. The molecule has 0 radical (unpaired) electrons. The predicted octanol–water partition coefficient (Wildman–Crippen LogP) is 1.96. The Morgan fingerprint density at radius 1 is 0.926 bits per heavy atom. The average molecular weight is 371 g/mol. The molecule has 0 atom stereocenters. The number of hydrogen-bond acceptors (Lipinski definition) is 3. The number of nitrogens with zero attached hydrogens (tertiary/aromatic N) is 3. The van der Waals surface area contributed by atoms with E-state index in [9.17, 15) is 14.4 Å². The fraction of sp³-hybridized carbons (Fsp3) is 0.571. The van der Waals surface area contributed by atoms with E-state index in [4.69, 9.17) is 0 Å². The van der Waals surface area contributed by atoms with Gasteiger partial charge in [0.15, 0.2) is 0 Å². The third kappa shape index (κ3) is 5.31. The van der Waals surface area contributed by atoms with Gasteiger partial charge in [-0.1, -0.05) is 36.2 Å². The first-order valence-corrected chi connectivity index (χ1v) is 9.92. The van der Waals surface area contributed by atoms with Crippen LogP contribution in [-0.2, 0) is 20.9 Å². The van der Waals surface area contributed by atoms with Gasteiger partial charge < -0.3 is 14.7 Å². The van der Waals surface area contributed by atoms with E-state index in [1.54, 1.807) is 9.80 Å². The summed E-state index contributed by atoms with van der Waals surface area (Å²) in [7, 11) is 0. The Balaban J connectivity index is 1.46. The monoisotopic (exact) mass is 371 g/mol. The van der Waals surface area contributed by atoms with Gasteiger partial charge in [-0.15, -0.1) is 0 Å². The van der Waals surface area contributed by atoms with Crippen LogP contribution in [0.4, 0.5) is 0 Å². The number of likely N-dealkylation sites (tertiary alicyclic amines) is 1. The lowest BCUT2D eigenvalue weighted by atomic mass is 10.1. The zero-order chi connectivity index (χ0) is 19.2. The van der Waals surface area contributed by atoms with Gasteiger partial charge >= 0.3 is 0 Å². The van der Waals surface area contributed by atoms with E-state index >= 15 is 0 Å². The van der Waals surface area contributed by atoms with Crippen molar-refractivity contribution in [1.29, 1.82) is 0 Å². The largest absolute Gasteiger partial charge is 0.342 e. The molecule has 27 heavy (non-hydrogen) atoms. The predicted molar refractivity (Wildman–Crippen MR) is 103 cm³/mol. The number of carbonyl (C=O) groups is 3. The lowest BCUT2D eigenvalue weighted by Crippen LogP contribution is -2.52. The minimum Gasteiger partial charge on any atom is -0.342 e. The summed E-state index contributed by atoms with van der Waals surface area (Å²) in [5.41, 5.74) is 2.30. The molecule has 3 rings (SSSR count). The molecule has 0 unspecified atom stereocenters. The van der Waals surface area contributed by atoms with Gasteiger partial charge in [0.05, 0.1) is 6.54 Å². The van der Waals surface area contributed by atoms with Crippen molar-refractivity contribution >= 4 is 17.7 Å². The van der Waals surface area contributed by atoms with Crippen LogP contribution in [0.5, 0.6) is 0 Å². The Bertz CT molecular complexity index is 686. The maximum Gasteiger partial charge on any atom is 0.242 e. The molecule has 1 aromatic rings. The van der Waals surface area contributed by atoms with Crippen LogP contribution in [0, 0.1) is 6.92 Å². The molecule has 146 valence electrons. The zero-order valence-electron chi connectivity index (χ0n) is 16.2. The van der Waals surface area contributed by atoms with Gasteiger partial charge in [-0.2, -0.15) is 0 Å². The molecular formula is C21H29N3O3. The minimum atomic E-state index is -0.0321. The molecule has 2 heterocycles. The average Bonchev–Trinajstić information content (AvgIpc) is 2.87. The number of carbonyl (C=O) groups excluding carboxylic acids is 3. The topological polar surface area (TPSA) is 60.9 Å². The van der Waals surface area contributed by atoms with Crippen LogP contribution >= 0.6 is 0 Å². The van der Waals surface area contributed by atoms with Crippen molar-refractivity contribution in [2.45, 2.75) is 45.6 Å². The fourth-order valence-electron chi connectivity index (χ4n) is 3.67. The van der Waals surface area contributed by atoms with Crippen LogP contribution in [-0.4, -0.2) is 65.1 Å². The summed E-state index contributed by atoms with van der Waals surface area (Å²) < 4.78 is 0. The van der Waals surface area contributed by atoms with E-state index in [1.165, 1.54) is 5.56 Å². The molecule has 0 aromatic heterocycles. The second-order valence-electron chi connectivity index (χ2n) is 7.56.